The first-order valence-electron chi connectivity index (χ1n) is 4.91. The van der Waals surface area contributed by atoms with Crippen LogP contribution in [0.15, 0.2) is 35.1 Å². The van der Waals surface area contributed by atoms with Crippen molar-refractivity contribution < 1.29 is 0 Å². The number of hydrogen-bond acceptors (Lipinski definition) is 3. The summed E-state index contributed by atoms with van der Waals surface area (Å²) < 4.78 is 2.76. The monoisotopic (exact) mass is 280 g/mol. The van der Waals surface area contributed by atoms with Gasteiger partial charge >= 0.3 is 0 Å². The SMILES string of the molecule is Cn1cc(CNc2ccc(N)cc2Br)cn1. The van der Waals surface area contributed by atoms with Crippen molar-refractivity contribution >= 4 is 27.3 Å². The molecule has 0 aliphatic rings. The predicted octanol–water partition coefficient (Wildman–Crippen LogP) is 2.38. The second-order valence-corrected chi connectivity index (χ2v) is 4.47. The van der Waals surface area contributed by atoms with E-state index in [1.165, 1.54) is 0 Å². The summed E-state index contributed by atoms with van der Waals surface area (Å²) in [5.41, 5.74) is 8.59. The number of anilines is 2. The second-order valence-electron chi connectivity index (χ2n) is 3.62. The first-order chi connectivity index (χ1) is 7.65. The lowest BCUT2D eigenvalue weighted by Crippen LogP contribution is -1.99. The van der Waals surface area contributed by atoms with Crippen LogP contribution in [0.25, 0.3) is 0 Å². The fourth-order valence-corrected chi connectivity index (χ4v) is 1.97. The second kappa shape index (κ2) is 4.57. The van der Waals surface area contributed by atoms with Gasteiger partial charge in [0.1, 0.15) is 0 Å². The van der Waals surface area contributed by atoms with E-state index in [0.29, 0.717) is 0 Å². The molecular formula is C11H13BrN4. The fourth-order valence-electron chi connectivity index (χ4n) is 1.44. The van der Waals surface area contributed by atoms with Gasteiger partial charge in [-0.05, 0) is 34.1 Å². The lowest BCUT2D eigenvalue weighted by atomic mass is 10.2. The van der Waals surface area contributed by atoms with Crippen LogP contribution in [0.2, 0.25) is 0 Å². The maximum Gasteiger partial charge on any atom is 0.0539 e. The van der Waals surface area contributed by atoms with E-state index in [2.05, 4.69) is 26.3 Å². The molecule has 5 heteroatoms. The molecule has 84 valence electrons. The van der Waals surface area contributed by atoms with Crippen molar-refractivity contribution in [1.82, 2.24) is 9.78 Å². The summed E-state index contributed by atoms with van der Waals surface area (Å²) in [5, 5.41) is 7.42. The number of rotatable bonds is 3. The first-order valence-corrected chi connectivity index (χ1v) is 5.71. The Balaban J connectivity index is 2.04. The lowest BCUT2D eigenvalue weighted by Gasteiger charge is -2.07. The number of halogens is 1. The summed E-state index contributed by atoms with van der Waals surface area (Å²) >= 11 is 3.46. The van der Waals surface area contributed by atoms with Gasteiger partial charge < -0.3 is 11.1 Å². The van der Waals surface area contributed by atoms with Gasteiger partial charge in [0.2, 0.25) is 0 Å². The molecule has 0 saturated carbocycles. The number of benzene rings is 1. The van der Waals surface area contributed by atoms with Crippen LogP contribution in [0.4, 0.5) is 11.4 Å². The Morgan fingerprint density at radius 1 is 1.50 bits per heavy atom. The molecule has 2 aromatic rings. The van der Waals surface area contributed by atoms with Crippen LogP contribution in [0, 0.1) is 0 Å². The Labute approximate surface area is 103 Å². The van der Waals surface area contributed by atoms with Crippen LogP contribution in [-0.4, -0.2) is 9.78 Å². The van der Waals surface area contributed by atoms with E-state index in [9.17, 15) is 0 Å². The highest BCUT2D eigenvalue weighted by molar-refractivity contribution is 9.10. The minimum Gasteiger partial charge on any atom is -0.399 e. The third-order valence-electron chi connectivity index (χ3n) is 2.23. The molecule has 1 aromatic carbocycles. The Bertz CT molecular complexity index is 492. The summed E-state index contributed by atoms with van der Waals surface area (Å²) in [4.78, 5) is 0. The quantitative estimate of drug-likeness (QED) is 0.849. The van der Waals surface area contributed by atoms with E-state index in [-0.39, 0.29) is 0 Å². The average Bonchev–Trinajstić information content (AvgIpc) is 2.63. The topological polar surface area (TPSA) is 55.9 Å². The number of nitrogens with two attached hydrogens (primary N) is 1. The molecule has 0 aliphatic heterocycles. The van der Waals surface area contributed by atoms with Crippen molar-refractivity contribution in [2.45, 2.75) is 6.54 Å². The molecule has 2 rings (SSSR count). The molecular weight excluding hydrogens is 268 g/mol. The Kier molecular flexibility index (Phi) is 3.14. The van der Waals surface area contributed by atoms with Gasteiger partial charge in [-0.15, -0.1) is 0 Å². The van der Waals surface area contributed by atoms with Gasteiger partial charge in [0.15, 0.2) is 0 Å². The van der Waals surface area contributed by atoms with Gasteiger partial charge in [0.25, 0.3) is 0 Å². The van der Waals surface area contributed by atoms with Crippen molar-refractivity contribution in [3.05, 3.63) is 40.6 Å². The normalized spacial score (nSPS) is 10.4. The number of nitrogen functional groups attached to an aromatic ring is 1. The smallest absolute Gasteiger partial charge is 0.0539 e. The molecule has 4 nitrogen and oxygen atoms in total. The van der Waals surface area contributed by atoms with Crippen molar-refractivity contribution in [3.63, 3.8) is 0 Å². The third kappa shape index (κ3) is 2.55. The van der Waals surface area contributed by atoms with E-state index in [1.807, 2.05) is 37.6 Å². The molecule has 0 bridgehead atoms. The highest BCUT2D eigenvalue weighted by Crippen LogP contribution is 2.24. The maximum absolute atomic E-state index is 5.67. The summed E-state index contributed by atoms with van der Waals surface area (Å²) in [7, 11) is 1.91. The van der Waals surface area contributed by atoms with Gasteiger partial charge in [0.05, 0.1) is 6.20 Å². The lowest BCUT2D eigenvalue weighted by molar-refractivity contribution is 0.767. The van der Waals surface area contributed by atoms with Crippen molar-refractivity contribution in [3.8, 4) is 0 Å². The molecule has 0 unspecified atom stereocenters. The summed E-state index contributed by atoms with van der Waals surface area (Å²) in [5.74, 6) is 0. The Morgan fingerprint density at radius 3 is 2.94 bits per heavy atom. The molecule has 3 N–H and O–H groups in total. The number of nitrogens with one attached hydrogen (secondary N) is 1. The highest BCUT2D eigenvalue weighted by Gasteiger charge is 2.01. The van der Waals surface area contributed by atoms with Crippen LogP contribution in [0.5, 0.6) is 0 Å². The Hall–Kier alpha value is -1.49. The van der Waals surface area contributed by atoms with Gasteiger partial charge in [-0.1, -0.05) is 0 Å². The van der Waals surface area contributed by atoms with E-state index in [1.54, 1.807) is 4.68 Å². The van der Waals surface area contributed by atoms with Crippen LogP contribution in [-0.2, 0) is 13.6 Å². The zero-order valence-corrected chi connectivity index (χ0v) is 10.5. The highest BCUT2D eigenvalue weighted by atomic mass is 79.9. The van der Waals surface area contributed by atoms with E-state index in [4.69, 9.17) is 5.73 Å². The average molecular weight is 281 g/mol. The van der Waals surface area contributed by atoms with E-state index < -0.39 is 0 Å². The minimum absolute atomic E-state index is 0.746. The van der Waals surface area contributed by atoms with E-state index >= 15 is 0 Å². The summed E-state index contributed by atoms with van der Waals surface area (Å²) in [6.45, 7) is 0.746. The standard InChI is InChI=1S/C11H13BrN4/c1-16-7-8(6-15-16)5-14-11-3-2-9(13)4-10(11)12/h2-4,6-7,14H,5,13H2,1H3. The molecule has 0 atom stereocenters. The number of hydrogen-bond donors (Lipinski definition) is 2. The fraction of sp³-hybridized carbons (Fsp3) is 0.182. The number of nitrogens with zero attached hydrogens (tertiary/aromatic N) is 2. The molecule has 0 saturated heterocycles. The van der Waals surface area contributed by atoms with Crippen LogP contribution in [0.3, 0.4) is 0 Å². The molecule has 1 aromatic heterocycles. The van der Waals surface area contributed by atoms with Crippen LogP contribution in [0.1, 0.15) is 5.56 Å². The third-order valence-corrected chi connectivity index (χ3v) is 2.89. The molecule has 1 heterocycles. The number of aromatic nitrogens is 2. The molecule has 0 amide bonds. The van der Waals surface area contributed by atoms with Gasteiger partial charge in [-0.3, -0.25) is 4.68 Å². The molecule has 0 aliphatic carbocycles. The predicted molar refractivity (Wildman–Crippen MR) is 69.1 cm³/mol. The number of aryl methyl sites for hydroxylation is 1. The first kappa shape index (κ1) is 11.0. The van der Waals surface area contributed by atoms with Crippen molar-refractivity contribution in [1.29, 1.82) is 0 Å². The zero-order chi connectivity index (χ0) is 11.5. The molecule has 0 fully saturated rings. The molecule has 0 radical (unpaired) electrons. The summed E-state index contributed by atoms with van der Waals surface area (Å²) in [6, 6.07) is 5.71. The zero-order valence-electron chi connectivity index (χ0n) is 8.94. The van der Waals surface area contributed by atoms with Crippen LogP contribution < -0.4 is 11.1 Å². The summed E-state index contributed by atoms with van der Waals surface area (Å²) in [6.07, 6.45) is 3.83. The largest absolute Gasteiger partial charge is 0.399 e. The van der Waals surface area contributed by atoms with E-state index in [0.717, 1.165) is 28.0 Å². The van der Waals surface area contributed by atoms with Crippen molar-refractivity contribution in [2.75, 3.05) is 11.1 Å². The van der Waals surface area contributed by atoms with Gasteiger partial charge in [0, 0.05) is 41.2 Å². The van der Waals surface area contributed by atoms with Gasteiger partial charge in [-0.2, -0.15) is 5.10 Å². The van der Waals surface area contributed by atoms with Gasteiger partial charge in [-0.25, -0.2) is 0 Å². The maximum atomic E-state index is 5.67. The molecule has 16 heavy (non-hydrogen) atoms. The minimum atomic E-state index is 0.746. The van der Waals surface area contributed by atoms with Crippen molar-refractivity contribution in [2.24, 2.45) is 7.05 Å². The van der Waals surface area contributed by atoms with Crippen LogP contribution >= 0.6 is 15.9 Å². The Morgan fingerprint density at radius 2 is 2.31 bits per heavy atom. The molecule has 0 spiro atoms.